The van der Waals surface area contributed by atoms with Crippen LogP contribution in [-0.2, 0) is 10.0 Å². The van der Waals surface area contributed by atoms with Crippen molar-refractivity contribution >= 4 is 27.3 Å². The maximum absolute atomic E-state index is 12.3. The van der Waals surface area contributed by atoms with E-state index < -0.39 is 20.5 Å². The van der Waals surface area contributed by atoms with E-state index in [1.807, 2.05) is 0 Å². The molecular formula is C11H13ClN2O5S. The second kappa shape index (κ2) is 4.96. The number of nitro groups is 1. The third-order valence-corrected chi connectivity index (χ3v) is 5.62. The predicted octanol–water partition coefficient (Wildman–Crippen LogP) is 1.39. The summed E-state index contributed by atoms with van der Waals surface area (Å²) in [7, 11) is -3.93. The molecule has 1 N–H and O–H groups in total. The lowest BCUT2D eigenvalue weighted by Crippen LogP contribution is -2.62. The van der Waals surface area contributed by atoms with Gasteiger partial charge in [0, 0.05) is 25.2 Å². The third-order valence-electron chi connectivity index (χ3n) is 3.34. The van der Waals surface area contributed by atoms with Crippen molar-refractivity contribution in [3.05, 3.63) is 33.3 Å². The highest BCUT2D eigenvalue weighted by atomic mass is 35.5. The van der Waals surface area contributed by atoms with Gasteiger partial charge in [0.05, 0.1) is 15.5 Å². The monoisotopic (exact) mass is 320 g/mol. The van der Waals surface area contributed by atoms with Crippen LogP contribution in [0.4, 0.5) is 5.69 Å². The molecule has 2 rings (SSSR count). The van der Waals surface area contributed by atoms with Crippen LogP contribution in [0.25, 0.3) is 0 Å². The van der Waals surface area contributed by atoms with Crippen LogP contribution in [0.2, 0.25) is 5.02 Å². The molecule has 0 spiro atoms. The van der Waals surface area contributed by atoms with E-state index in [0.717, 1.165) is 16.4 Å². The Bertz CT molecular complexity index is 655. The summed E-state index contributed by atoms with van der Waals surface area (Å²) in [4.78, 5) is 9.71. The van der Waals surface area contributed by atoms with Gasteiger partial charge in [-0.2, -0.15) is 4.31 Å². The van der Waals surface area contributed by atoms with E-state index in [0.29, 0.717) is 6.42 Å². The van der Waals surface area contributed by atoms with Crippen molar-refractivity contribution in [3.63, 3.8) is 0 Å². The van der Waals surface area contributed by atoms with E-state index in [4.69, 9.17) is 11.6 Å². The fourth-order valence-electron chi connectivity index (χ4n) is 1.95. The molecule has 0 unspecified atom stereocenters. The lowest BCUT2D eigenvalue weighted by Gasteiger charge is -2.44. The first-order valence-electron chi connectivity index (χ1n) is 5.86. The average Bonchev–Trinajstić information content (AvgIpc) is 2.34. The summed E-state index contributed by atoms with van der Waals surface area (Å²) in [6.07, 6.45) is 0.432. The SMILES string of the molecule is CCC1(O)CN(S(=O)(=O)c2cc([N+](=O)[O-])ccc2Cl)C1. The molecule has 1 aliphatic heterocycles. The Labute approximate surface area is 121 Å². The van der Waals surface area contributed by atoms with Gasteiger partial charge in [-0.15, -0.1) is 0 Å². The second-order valence-electron chi connectivity index (χ2n) is 4.72. The van der Waals surface area contributed by atoms with Gasteiger partial charge in [-0.05, 0) is 12.5 Å². The molecule has 1 aliphatic rings. The number of nitrogens with zero attached hydrogens (tertiary/aromatic N) is 2. The van der Waals surface area contributed by atoms with Gasteiger partial charge in [-0.3, -0.25) is 10.1 Å². The fourth-order valence-corrected chi connectivity index (χ4v) is 4.04. The first kappa shape index (κ1) is 15.2. The molecule has 110 valence electrons. The topological polar surface area (TPSA) is 101 Å². The molecule has 1 aromatic carbocycles. The Morgan fingerprint density at radius 3 is 2.60 bits per heavy atom. The first-order valence-corrected chi connectivity index (χ1v) is 7.68. The van der Waals surface area contributed by atoms with Crippen molar-refractivity contribution < 1.29 is 18.4 Å². The summed E-state index contributed by atoms with van der Waals surface area (Å²) < 4.78 is 25.7. The highest BCUT2D eigenvalue weighted by Crippen LogP contribution is 2.34. The van der Waals surface area contributed by atoms with E-state index in [1.54, 1.807) is 6.92 Å². The Morgan fingerprint density at radius 1 is 1.50 bits per heavy atom. The van der Waals surface area contributed by atoms with Gasteiger partial charge in [0.1, 0.15) is 4.90 Å². The number of nitro benzene ring substituents is 1. The lowest BCUT2D eigenvalue weighted by molar-refractivity contribution is -0.385. The van der Waals surface area contributed by atoms with Crippen molar-refractivity contribution in [2.45, 2.75) is 23.8 Å². The highest BCUT2D eigenvalue weighted by molar-refractivity contribution is 7.89. The summed E-state index contributed by atoms with van der Waals surface area (Å²) in [5.41, 5.74) is -1.38. The number of non-ortho nitro benzene ring substituents is 1. The number of hydrogen-bond acceptors (Lipinski definition) is 5. The van der Waals surface area contributed by atoms with E-state index in [2.05, 4.69) is 0 Å². The van der Waals surface area contributed by atoms with Gasteiger partial charge in [-0.1, -0.05) is 18.5 Å². The molecule has 0 amide bonds. The molecule has 0 aliphatic carbocycles. The number of benzene rings is 1. The normalized spacial score (nSPS) is 18.6. The second-order valence-corrected chi connectivity index (χ2v) is 7.04. The summed E-state index contributed by atoms with van der Waals surface area (Å²) in [6, 6.07) is 3.25. The molecule has 1 fully saturated rings. The number of β-amino-alcohol motifs (C(OH)–C–C–N with tert-alkyl or cyclic N) is 1. The van der Waals surface area contributed by atoms with Crippen molar-refractivity contribution in [2.75, 3.05) is 13.1 Å². The van der Waals surface area contributed by atoms with Crippen LogP contribution in [0.15, 0.2) is 23.1 Å². The Balaban J connectivity index is 2.36. The molecule has 0 radical (unpaired) electrons. The van der Waals surface area contributed by atoms with Gasteiger partial charge >= 0.3 is 0 Å². The van der Waals surface area contributed by atoms with Crippen molar-refractivity contribution in [3.8, 4) is 0 Å². The summed E-state index contributed by atoms with van der Waals surface area (Å²) in [6.45, 7) is 1.68. The highest BCUT2D eigenvalue weighted by Gasteiger charge is 2.46. The fraction of sp³-hybridized carbons (Fsp3) is 0.455. The molecule has 7 nitrogen and oxygen atoms in total. The van der Waals surface area contributed by atoms with E-state index in [9.17, 15) is 23.6 Å². The van der Waals surface area contributed by atoms with Crippen LogP contribution in [0.5, 0.6) is 0 Å². The van der Waals surface area contributed by atoms with Crippen LogP contribution in [0, 0.1) is 10.1 Å². The summed E-state index contributed by atoms with van der Waals surface area (Å²) in [5.74, 6) is 0. The zero-order valence-corrected chi connectivity index (χ0v) is 12.2. The minimum absolute atomic E-state index is 0.0369. The van der Waals surface area contributed by atoms with Crippen LogP contribution in [-0.4, -0.2) is 41.4 Å². The van der Waals surface area contributed by atoms with Crippen LogP contribution in [0.3, 0.4) is 0 Å². The van der Waals surface area contributed by atoms with Crippen LogP contribution < -0.4 is 0 Å². The molecule has 9 heteroatoms. The molecule has 0 aromatic heterocycles. The van der Waals surface area contributed by atoms with Gasteiger partial charge in [0.15, 0.2) is 0 Å². The quantitative estimate of drug-likeness (QED) is 0.667. The van der Waals surface area contributed by atoms with Gasteiger partial charge < -0.3 is 5.11 Å². The zero-order chi connectivity index (χ0) is 15.1. The lowest BCUT2D eigenvalue weighted by atomic mass is 9.94. The Kier molecular flexibility index (Phi) is 3.76. The third kappa shape index (κ3) is 2.51. The smallest absolute Gasteiger partial charge is 0.270 e. The first-order chi connectivity index (χ1) is 9.19. The summed E-state index contributed by atoms with van der Waals surface area (Å²) in [5, 5.41) is 20.5. The van der Waals surface area contributed by atoms with Crippen molar-refractivity contribution in [2.24, 2.45) is 0 Å². The zero-order valence-electron chi connectivity index (χ0n) is 10.6. The Morgan fingerprint density at radius 2 is 2.10 bits per heavy atom. The number of rotatable bonds is 4. The maximum Gasteiger partial charge on any atom is 0.270 e. The minimum atomic E-state index is -3.93. The average molecular weight is 321 g/mol. The molecule has 1 aromatic rings. The van der Waals surface area contributed by atoms with Gasteiger partial charge in [0.25, 0.3) is 5.69 Å². The number of halogens is 1. The predicted molar refractivity (Wildman–Crippen MR) is 72.1 cm³/mol. The molecule has 1 heterocycles. The van der Waals surface area contributed by atoms with E-state index in [1.165, 1.54) is 6.07 Å². The number of sulfonamides is 1. The summed E-state index contributed by atoms with van der Waals surface area (Å²) >= 11 is 5.82. The maximum atomic E-state index is 12.3. The largest absolute Gasteiger partial charge is 0.387 e. The molecule has 0 atom stereocenters. The molecule has 0 saturated carbocycles. The van der Waals surface area contributed by atoms with E-state index >= 15 is 0 Å². The minimum Gasteiger partial charge on any atom is -0.387 e. The molecular weight excluding hydrogens is 308 g/mol. The number of hydrogen-bond donors (Lipinski definition) is 1. The standard InChI is InChI=1S/C11H13ClN2O5S/c1-2-11(15)6-13(7-11)20(18,19)10-5-8(14(16)17)3-4-9(10)12/h3-5,15H,2,6-7H2,1H3. The van der Waals surface area contributed by atoms with E-state index in [-0.39, 0.29) is 28.7 Å². The van der Waals surface area contributed by atoms with Crippen LogP contribution >= 0.6 is 11.6 Å². The van der Waals surface area contributed by atoms with Crippen LogP contribution in [0.1, 0.15) is 13.3 Å². The van der Waals surface area contributed by atoms with Gasteiger partial charge in [-0.25, -0.2) is 8.42 Å². The molecule has 1 saturated heterocycles. The number of aliphatic hydroxyl groups is 1. The van der Waals surface area contributed by atoms with Crippen molar-refractivity contribution in [1.29, 1.82) is 0 Å². The molecule has 20 heavy (non-hydrogen) atoms. The van der Waals surface area contributed by atoms with Gasteiger partial charge in [0.2, 0.25) is 10.0 Å². The van der Waals surface area contributed by atoms with Crippen molar-refractivity contribution in [1.82, 2.24) is 4.31 Å². The molecule has 0 bridgehead atoms. The Hall–Kier alpha value is -1.22.